The molecule has 1 saturated heterocycles. The molecule has 1 aromatic carbocycles. The van der Waals surface area contributed by atoms with Crippen molar-refractivity contribution in [2.45, 2.75) is 20.3 Å². The quantitative estimate of drug-likeness (QED) is 0.599. The predicted octanol–water partition coefficient (Wildman–Crippen LogP) is 4.34. The zero-order valence-corrected chi connectivity index (χ0v) is 14.0. The van der Waals surface area contributed by atoms with Gasteiger partial charge in [-0.25, -0.2) is 0 Å². The van der Waals surface area contributed by atoms with Gasteiger partial charge in [0.2, 0.25) is 0 Å². The number of morpholine rings is 1. The van der Waals surface area contributed by atoms with Crippen LogP contribution in [-0.2, 0) is 4.74 Å². The van der Waals surface area contributed by atoms with Gasteiger partial charge in [0, 0.05) is 24.4 Å². The second-order valence-corrected chi connectivity index (χ2v) is 5.64. The number of benzene rings is 1. The summed E-state index contributed by atoms with van der Waals surface area (Å²) in [5.74, 6) is 0. The van der Waals surface area contributed by atoms with Crippen LogP contribution in [0, 0.1) is 11.3 Å². The van der Waals surface area contributed by atoms with Gasteiger partial charge in [-0.3, -0.25) is 0 Å². The molecule has 23 heavy (non-hydrogen) atoms. The second-order valence-electron chi connectivity index (χ2n) is 5.64. The van der Waals surface area contributed by atoms with Crippen molar-refractivity contribution < 1.29 is 4.74 Å². The van der Waals surface area contributed by atoms with Crippen molar-refractivity contribution in [3.05, 3.63) is 59.7 Å². The van der Waals surface area contributed by atoms with Crippen LogP contribution in [0.1, 0.15) is 25.8 Å². The highest BCUT2D eigenvalue weighted by atomic mass is 16.5. The molecule has 0 atom stereocenters. The summed E-state index contributed by atoms with van der Waals surface area (Å²) in [6, 6.07) is 10.7. The van der Waals surface area contributed by atoms with Crippen molar-refractivity contribution in [2.24, 2.45) is 0 Å². The van der Waals surface area contributed by atoms with Crippen LogP contribution in [0.15, 0.2) is 54.1 Å². The Morgan fingerprint density at radius 3 is 2.48 bits per heavy atom. The van der Waals surface area contributed by atoms with E-state index in [4.69, 9.17) is 4.74 Å². The minimum Gasteiger partial charge on any atom is -0.378 e. The molecule has 3 nitrogen and oxygen atoms in total. The Kier molecular flexibility index (Phi) is 6.19. The molecule has 120 valence electrons. The number of hydrogen-bond acceptors (Lipinski definition) is 3. The molecule has 0 aromatic heterocycles. The highest BCUT2D eigenvalue weighted by Gasteiger charge is 2.11. The van der Waals surface area contributed by atoms with Gasteiger partial charge in [-0.15, -0.1) is 0 Å². The average molecular weight is 308 g/mol. The van der Waals surface area contributed by atoms with E-state index in [1.165, 1.54) is 5.69 Å². The predicted molar refractivity (Wildman–Crippen MR) is 96.3 cm³/mol. The Morgan fingerprint density at radius 2 is 1.91 bits per heavy atom. The molecular formula is C20H24N2O. The van der Waals surface area contributed by atoms with Gasteiger partial charge < -0.3 is 9.64 Å². The maximum atomic E-state index is 9.26. The van der Waals surface area contributed by atoms with Crippen molar-refractivity contribution in [3.63, 3.8) is 0 Å². The number of hydrogen-bond donors (Lipinski definition) is 0. The minimum atomic E-state index is 0.712. The fraction of sp³-hybridized carbons (Fsp3) is 0.350. The van der Waals surface area contributed by atoms with Crippen molar-refractivity contribution >= 4 is 11.3 Å². The Labute approximate surface area is 139 Å². The Bertz CT molecular complexity index is 641. The van der Waals surface area contributed by atoms with Crippen LogP contribution in [0.4, 0.5) is 5.69 Å². The van der Waals surface area contributed by atoms with Gasteiger partial charge in [-0.05, 0) is 36.6 Å². The number of nitrogens with zero attached hydrogens (tertiary/aromatic N) is 2. The van der Waals surface area contributed by atoms with E-state index in [1.54, 1.807) is 0 Å². The molecule has 2 rings (SSSR count). The fourth-order valence-corrected chi connectivity index (χ4v) is 2.49. The maximum Gasteiger partial charge on any atom is 0.0950 e. The van der Waals surface area contributed by atoms with E-state index in [9.17, 15) is 5.26 Å². The molecule has 0 radical (unpaired) electrons. The number of nitriles is 1. The number of rotatable bonds is 5. The zero-order chi connectivity index (χ0) is 16.7. The highest BCUT2D eigenvalue weighted by molar-refractivity contribution is 5.79. The molecule has 0 bridgehead atoms. The van der Waals surface area contributed by atoms with Crippen LogP contribution in [0.25, 0.3) is 5.57 Å². The van der Waals surface area contributed by atoms with Gasteiger partial charge in [0.25, 0.3) is 0 Å². The summed E-state index contributed by atoms with van der Waals surface area (Å²) in [5, 5.41) is 9.26. The summed E-state index contributed by atoms with van der Waals surface area (Å²) in [4.78, 5) is 2.32. The first-order chi connectivity index (χ1) is 11.2. The lowest BCUT2D eigenvalue weighted by Crippen LogP contribution is -2.36. The van der Waals surface area contributed by atoms with E-state index in [0.29, 0.717) is 5.57 Å². The summed E-state index contributed by atoms with van der Waals surface area (Å²) in [6.45, 7) is 11.3. The van der Waals surface area contributed by atoms with E-state index < -0.39 is 0 Å². The molecule has 0 amide bonds. The second kappa shape index (κ2) is 8.36. The number of allylic oxidation sites excluding steroid dienone is 5. The van der Waals surface area contributed by atoms with Gasteiger partial charge in [0.1, 0.15) is 0 Å². The molecular weight excluding hydrogens is 284 g/mol. The molecule has 0 spiro atoms. The normalized spacial score (nSPS) is 16.1. The third-order valence-electron chi connectivity index (χ3n) is 4.07. The SMILES string of the molecule is C=C(C=CC(=C(C)C#N)c1ccc(N2CCOCC2)cc1)CC. The molecule has 1 aliphatic rings. The zero-order valence-electron chi connectivity index (χ0n) is 14.0. The standard InChI is InChI=1S/C20H24N2O/c1-4-16(2)5-10-20(17(3)15-21)18-6-8-19(9-7-18)22-11-13-23-14-12-22/h5-10H,2,4,11-14H2,1,3H3. The first kappa shape index (κ1) is 17.1. The van der Waals surface area contributed by atoms with E-state index in [2.05, 4.69) is 48.7 Å². The molecule has 1 heterocycles. The fourth-order valence-electron chi connectivity index (χ4n) is 2.49. The third kappa shape index (κ3) is 4.58. The molecule has 3 heteroatoms. The first-order valence-electron chi connectivity index (χ1n) is 8.05. The van der Waals surface area contributed by atoms with Crippen LogP contribution in [0.3, 0.4) is 0 Å². The third-order valence-corrected chi connectivity index (χ3v) is 4.07. The van der Waals surface area contributed by atoms with E-state index in [0.717, 1.165) is 49.4 Å². The Hall–Kier alpha value is -2.31. The number of ether oxygens (including phenoxy) is 1. The average Bonchev–Trinajstić information content (AvgIpc) is 2.62. The van der Waals surface area contributed by atoms with Gasteiger partial charge in [0.15, 0.2) is 0 Å². The highest BCUT2D eigenvalue weighted by Crippen LogP contribution is 2.24. The Morgan fingerprint density at radius 1 is 1.26 bits per heavy atom. The minimum absolute atomic E-state index is 0.712. The lowest BCUT2D eigenvalue weighted by atomic mass is 9.99. The lowest BCUT2D eigenvalue weighted by Gasteiger charge is -2.29. The molecule has 1 fully saturated rings. The van der Waals surface area contributed by atoms with Crippen LogP contribution >= 0.6 is 0 Å². The van der Waals surface area contributed by atoms with Gasteiger partial charge in [-0.1, -0.05) is 43.4 Å². The van der Waals surface area contributed by atoms with Crippen LogP contribution in [0.2, 0.25) is 0 Å². The van der Waals surface area contributed by atoms with Gasteiger partial charge in [0.05, 0.1) is 19.3 Å². The first-order valence-corrected chi connectivity index (χ1v) is 8.05. The van der Waals surface area contributed by atoms with Crippen LogP contribution in [0.5, 0.6) is 0 Å². The Balaban J connectivity index is 2.24. The largest absolute Gasteiger partial charge is 0.378 e. The maximum absolute atomic E-state index is 9.26. The lowest BCUT2D eigenvalue weighted by molar-refractivity contribution is 0.122. The summed E-state index contributed by atoms with van der Waals surface area (Å²) in [6.07, 6.45) is 4.89. The molecule has 1 aliphatic heterocycles. The van der Waals surface area contributed by atoms with Gasteiger partial charge in [-0.2, -0.15) is 5.26 Å². The van der Waals surface area contributed by atoms with Crippen LogP contribution in [-0.4, -0.2) is 26.3 Å². The van der Waals surface area contributed by atoms with Crippen molar-refractivity contribution in [1.82, 2.24) is 0 Å². The van der Waals surface area contributed by atoms with E-state index in [-0.39, 0.29) is 0 Å². The molecule has 0 N–H and O–H groups in total. The molecule has 0 aliphatic carbocycles. The topological polar surface area (TPSA) is 36.3 Å². The number of anilines is 1. The van der Waals surface area contributed by atoms with Crippen molar-refractivity contribution in [3.8, 4) is 6.07 Å². The van der Waals surface area contributed by atoms with Crippen LogP contribution < -0.4 is 4.90 Å². The van der Waals surface area contributed by atoms with Gasteiger partial charge >= 0.3 is 0 Å². The molecule has 0 saturated carbocycles. The van der Waals surface area contributed by atoms with Crippen molar-refractivity contribution in [1.29, 1.82) is 5.26 Å². The summed E-state index contributed by atoms with van der Waals surface area (Å²) >= 11 is 0. The van der Waals surface area contributed by atoms with E-state index >= 15 is 0 Å². The van der Waals surface area contributed by atoms with E-state index in [1.807, 2.05) is 19.1 Å². The summed E-state index contributed by atoms with van der Waals surface area (Å²) in [5.41, 5.74) is 4.98. The summed E-state index contributed by atoms with van der Waals surface area (Å²) in [7, 11) is 0. The molecule has 0 unspecified atom stereocenters. The monoisotopic (exact) mass is 308 g/mol. The molecule has 1 aromatic rings. The summed E-state index contributed by atoms with van der Waals surface area (Å²) < 4.78 is 5.39. The smallest absolute Gasteiger partial charge is 0.0950 e. The van der Waals surface area contributed by atoms with Crippen molar-refractivity contribution in [2.75, 3.05) is 31.2 Å².